The highest BCUT2D eigenvalue weighted by Crippen LogP contribution is 2.51. The summed E-state index contributed by atoms with van der Waals surface area (Å²) in [4.78, 5) is 15.8. The van der Waals surface area contributed by atoms with Gasteiger partial charge in [-0.25, -0.2) is 4.98 Å². The summed E-state index contributed by atoms with van der Waals surface area (Å²) in [7, 11) is -0.283. The summed E-state index contributed by atoms with van der Waals surface area (Å²) in [6.45, 7) is 3.98. The van der Waals surface area contributed by atoms with Crippen LogP contribution in [0.25, 0.3) is 10.9 Å². The van der Waals surface area contributed by atoms with Gasteiger partial charge in [0.2, 0.25) is 0 Å². The Hall–Kier alpha value is -1.95. The molecule has 0 saturated heterocycles. The van der Waals surface area contributed by atoms with Crippen molar-refractivity contribution in [3.05, 3.63) is 29.5 Å². The zero-order chi connectivity index (χ0) is 18.4. The third kappa shape index (κ3) is 4.37. The van der Waals surface area contributed by atoms with Crippen molar-refractivity contribution in [2.75, 3.05) is 27.4 Å². The van der Waals surface area contributed by atoms with Crippen molar-refractivity contribution in [1.29, 1.82) is 0 Å². The van der Waals surface area contributed by atoms with E-state index in [0.29, 0.717) is 28.9 Å². The van der Waals surface area contributed by atoms with Crippen LogP contribution in [-0.2, 0) is 19.8 Å². The van der Waals surface area contributed by atoms with Crippen molar-refractivity contribution >= 4 is 24.8 Å². The van der Waals surface area contributed by atoms with Gasteiger partial charge in [-0.15, -0.1) is 0 Å². The predicted octanol–water partition coefficient (Wildman–Crippen LogP) is 3.83. The maximum absolute atomic E-state index is 12.8. The molecule has 0 N–H and O–H groups in total. The quantitative estimate of drug-likeness (QED) is 0.492. The Balaban J connectivity index is 2.55. The van der Waals surface area contributed by atoms with Crippen LogP contribution in [0.15, 0.2) is 18.2 Å². The molecule has 0 saturated carbocycles. The van der Waals surface area contributed by atoms with Gasteiger partial charge in [0.05, 0.1) is 39.1 Å². The van der Waals surface area contributed by atoms with E-state index in [9.17, 15) is 9.36 Å². The van der Waals surface area contributed by atoms with Gasteiger partial charge in [0.15, 0.2) is 17.8 Å². The molecule has 0 aliphatic rings. The fraction of sp³-hybridized carbons (Fsp3) is 0.412. The van der Waals surface area contributed by atoms with E-state index >= 15 is 0 Å². The molecule has 7 nitrogen and oxygen atoms in total. The highest BCUT2D eigenvalue weighted by Gasteiger charge is 2.26. The van der Waals surface area contributed by atoms with Gasteiger partial charge in [0.25, 0.3) is 0 Å². The summed E-state index contributed by atoms with van der Waals surface area (Å²) in [6.07, 6.45) is 0.605. The van der Waals surface area contributed by atoms with E-state index in [4.69, 9.17) is 18.5 Å². The lowest BCUT2D eigenvalue weighted by atomic mass is 10.1. The van der Waals surface area contributed by atoms with Crippen LogP contribution in [0.1, 0.15) is 29.9 Å². The summed E-state index contributed by atoms with van der Waals surface area (Å²) in [5.74, 6) is 1.06. The summed E-state index contributed by atoms with van der Waals surface area (Å²) in [5, 5.41) is 0.734. The van der Waals surface area contributed by atoms with Crippen molar-refractivity contribution in [3.63, 3.8) is 0 Å². The maximum atomic E-state index is 12.8. The molecule has 0 fully saturated rings. The number of ether oxygens (including phenoxy) is 2. The molecule has 136 valence electrons. The summed E-state index contributed by atoms with van der Waals surface area (Å²) < 4.78 is 33.9. The Kier molecular flexibility index (Phi) is 6.53. The predicted molar refractivity (Wildman–Crippen MR) is 94.8 cm³/mol. The van der Waals surface area contributed by atoms with Crippen LogP contribution < -0.4 is 9.47 Å². The first-order valence-corrected chi connectivity index (χ1v) is 9.62. The number of rotatable bonds is 9. The third-order valence-corrected chi connectivity index (χ3v) is 5.59. The molecule has 0 spiro atoms. The summed E-state index contributed by atoms with van der Waals surface area (Å²) >= 11 is 0. The topological polar surface area (TPSA) is 84.0 Å². The van der Waals surface area contributed by atoms with E-state index in [2.05, 4.69) is 4.98 Å². The van der Waals surface area contributed by atoms with Crippen LogP contribution in [0.4, 0.5) is 0 Å². The SMILES string of the molecule is CCOP(=O)(Cc1cc2cc(OC)c(OC)cc2nc1C=O)OCC. The number of methoxy groups -OCH3 is 2. The molecule has 0 bridgehead atoms. The number of nitrogens with zero attached hydrogens (tertiary/aromatic N) is 1. The molecule has 0 aliphatic heterocycles. The van der Waals surface area contributed by atoms with Crippen LogP contribution in [0.5, 0.6) is 11.5 Å². The fourth-order valence-electron chi connectivity index (χ4n) is 2.52. The first-order valence-electron chi connectivity index (χ1n) is 7.89. The highest BCUT2D eigenvalue weighted by atomic mass is 31.2. The lowest BCUT2D eigenvalue weighted by molar-refractivity contribution is 0.111. The molecule has 1 aromatic carbocycles. The number of aldehydes is 1. The molecular formula is C17H22NO6P. The monoisotopic (exact) mass is 367 g/mol. The molecule has 0 aliphatic carbocycles. The minimum absolute atomic E-state index is 0.0277. The second kappa shape index (κ2) is 8.43. The normalized spacial score (nSPS) is 11.5. The number of hydrogen-bond donors (Lipinski definition) is 0. The lowest BCUT2D eigenvalue weighted by Crippen LogP contribution is -2.03. The van der Waals surface area contributed by atoms with E-state index in [1.165, 1.54) is 14.2 Å². The average molecular weight is 367 g/mol. The number of benzene rings is 1. The van der Waals surface area contributed by atoms with Gasteiger partial charge in [-0.1, -0.05) is 0 Å². The van der Waals surface area contributed by atoms with Gasteiger partial charge in [-0.2, -0.15) is 0 Å². The van der Waals surface area contributed by atoms with E-state index in [0.717, 1.165) is 5.39 Å². The Labute approximate surface area is 146 Å². The smallest absolute Gasteiger partial charge is 0.335 e. The number of carbonyl (C=O) groups excluding carboxylic acids is 1. The average Bonchev–Trinajstić information content (AvgIpc) is 2.60. The van der Waals surface area contributed by atoms with E-state index < -0.39 is 7.60 Å². The number of aromatic nitrogens is 1. The van der Waals surface area contributed by atoms with E-state index in [1.807, 2.05) is 0 Å². The molecule has 0 amide bonds. The van der Waals surface area contributed by atoms with Crippen molar-refractivity contribution in [3.8, 4) is 11.5 Å². The molecule has 2 rings (SSSR count). The van der Waals surface area contributed by atoms with Gasteiger partial charge in [-0.05, 0) is 31.5 Å². The first kappa shape index (κ1) is 19.4. The summed E-state index contributed by atoms with van der Waals surface area (Å²) in [5.41, 5.74) is 1.27. The molecule has 0 unspecified atom stereocenters. The highest BCUT2D eigenvalue weighted by molar-refractivity contribution is 7.53. The van der Waals surface area contributed by atoms with E-state index in [1.54, 1.807) is 32.0 Å². The van der Waals surface area contributed by atoms with Gasteiger partial charge in [0.1, 0.15) is 5.69 Å². The minimum Gasteiger partial charge on any atom is -0.493 e. The molecule has 1 heterocycles. The third-order valence-electron chi connectivity index (χ3n) is 3.56. The molecule has 8 heteroatoms. The molecule has 1 aromatic heterocycles. The van der Waals surface area contributed by atoms with Gasteiger partial charge in [0, 0.05) is 11.5 Å². The Morgan fingerprint density at radius 3 is 2.16 bits per heavy atom. The van der Waals surface area contributed by atoms with Crippen molar-refractivity contribution in [1.82, 2.24) is 4.98 Å². The van der Waals surface area contributed by atoms with Crippen molar-refractivity contribution in [2.45, 2.75) is 20.0 Å². The van der Waals surface area contributed by atoms with Crippen LogP contribution >= 0.6 is 7.60 Å². The molecule has 2 aromatic rings. The Morgan fingerprint density at radius 2 is 1.64 bits per heavy atom. The van der Waals surface area contributed by atoms with E-state index in [-0.39, 0.29) is 25.1 Å². The van der Waals surface area contributed by atoms with Gasteiger partial charge < -0.3 is 18.5 Å². The van der Waals surface area contributed by atoms with Crippen molar-refractivity contribution in [2.24, 2.45) is 0 Å². The minimum atomic E-state index is -3.35. The zero-order valence-corrected chi connectivity index (χ0v) is 15.7. The van der Waals surface area contributed by atoms with Crippen LogP contribution in [0, 0.1) is 0 Å². The Bertz CT molecular complexity index is 797. The lowest BCUT2D eigenvalue weighted by Gasteiger charge is -2.18. The standard InChI is InChI=1S/C17H22NO6P/c1-5-23-25(20,24-6-2)11-13-7-12-8-16(21-3)17(22-4)9-14(12)18-15(13)10-19/h7-10H,5-6,11H2,1-4H3. The van der Waals surface area contributed by atoms with Crippen LogP contribution in [0.2, 0.25) is 0 Å². The second-order valence-corrected chi connectivity index (χ2v) is 7.21. The largest absolute Gasteiger partial charge is 0.493 e. The Morgan fingerprint density at radius 1 is 1.04 bits per heavy atom. The van der Waals surface area contributed by atoms with Crippen LogP contribution in [-0.4, -0.2) is 38.7 Å². The molecule has 0 radical (unpaired) electrons. The maximum Gasteiger partial charge on any atom is 0.335 e. The number of hydrogen-bond acceptors (Lipinski definition) is 7. The zero-order valence-electron chi connectivity index (χ0n) is 14.8. The number of pyridine rings is 1. The fourth-order valence-corrected chi connectivity index (χ4v) is 4.23. The first-order chi connectivity index (χ1) is 12.0. The number of fused-ring (bicyclic) bond motifs is 1. The summed E-state index contributed by atoms with van der Waals surface area (Å²) in [6, 6.07) is 5.19. The van der Waals surface area contributed by atoms with Crippen molar-refractivity contribution < 1.29 is 27.9 Å². The van der Waals surface area contributed by atoms with Gasteiger partial charge in [-0.3, -0.25) is 9.36 Å². The molecular weight excluding hydrogens is 345 g/mol. The second-order valence-electron chi connectivity index (χ2n) is 5.16. The molecule has 25 heavy (non-hydrogen) atoms. The molecule has 0 atom stereocenters. The van der Waals surface area contributed by atoms with Crippen LogP contribution in [0.3, 0.4) is 0 Å². The number of carbonyl (C=O) groups is 1. The van der Waals surface area contributed by atoms with Gasteiger partial charge >= 0.3 is 7.60 Å².